The molecule has 5 nitrogen and oxygen atoms in total. The number of carbonyl (C=O) groups is 2. The molecule has 1 atom stereocenters. The van der Waals surface area contributed by atoms with Crippen LogP contribution < -0.4 is 4.74 Å². The van der Waals surface area contributed by atoms with Crippen molar-refractivity contribution in [2.24, 2.45) is 0 Å². The minimum absolute atomic E-state index is 0.00618. The van der Waals surface area contributed by atoms with Gasteiger partial charge in [-0.1, -0.05) is 29.3 Å². The van der Waals surface area contributed by atoms with Gasteiger partial charge in [-0.3, -0.25) is 9.59 Å². The molecule has 4 rings (SSSR count). The molecular weight excluding hydrogens is 492 g/mol. The average molecular weight is 525 g/mol. The van der Waals surface area contributed by atoms with Crippen molar-refractivity contribution in [1.82, 2.24) is 9.80 Å². The number of fused-ring (bicyclic) bond motifs is 1. The van der Waals surface area contributed by atoms with Crippen LogP contribution in [0.1, 0.15) is 58.7 Å². The Hall–Kier alpha value is -2.83. The van der Waals surface area contributed by atoms with Crippen molar-refractivity contribution in [2.45, 2.75) is 52.6 Å². The van der Waals surface area contributed by atoms with Crippen molar-refractivity contribution < 1.29 is 14.3 Å². The molecule has 36 heavy (non-hydrogen) atoms. The number of thiophene rings is 1. The van der Waals surface area contributed by atoms with Crippen LogP contribution >= 0.6 is 22.9 Å². The van der Waals surface area contributed by atoms with Gasteiger partial charge >= 0.3 is 0 Å². The number of hydrogen-bond donors (Lipinski definition) is 0. The van der Waals surface area contributed by atoms with E-state index in [0.717, 1.165) is 28.9 Å². The standard InChI is InChI=1S/C29H33ClN2O3S/c1-19-6-8-21(9-7-19)28(34)32(29(3,4)5)17-27(33)31-14-12-26-23(13-15-36-26)25(31)18-35-22-10-11-24(30)20(2)16-22/h6-11,13,15-16,25H,12,14,17-18H2,1-5H3/t25-/m0/s1. The van der Waals surface area contributed by atoms with E-state index < -0.39 is 5.54 Å². The summed E-state index contributed by atoms with van der Waals surface area (Å²) in [5.74, 6) is 0.495. The van der Waals surface area contributed by atoms with Crippen LogP contribution in [0.2, 0.25) is 5.02 Å². The second-order valence-corrected chi connectivity index (χ2v) is 11.7. The van der Waals surface area contributed by atoms with E-state index in [1.807, 2.05) is 82.0 Å². The molecule has 1 aromatic heterocycles. The second kappa shape index (κ2) is 10.7. The van der Waals surface area contributed by atoms with E-state index >= 15 is 0 Å². The summed E-state index contributed by atoms with van der Waals surface area (Å²) in [5, 5.41) is 2.76. The third-order valence-corrected chi connectivity index (χ3v) is 8.02. The summed E-state index contributed by atoms with van der Waals surface area (Å²) in [7, 11) is 0. The molecule has 1 aliphatic rings. The first kappa shape index (κ1) is 26.2. The predicted octanol–water partition coefficient (Wildman–Crippen LogP) is 6.46. The van der Waals surface area contributed by atoms with Gasteiger partial charge in [-0.15, -0.1) is 11.3 Å². The summed E-state index contributed by atoms with van der Waals surface area (Å²) in [4.78, 5) is 32.0. The van der Waals surface area contributed by atoms with Crippen molar-refractivity contribution in [3.05, 3.63) is 86.1 Å². The summed E-state index contributed by atoms with van der Waals surface area (Å²) in [5.41, 5.74) is 3.21. The van der Waals surface area contributed by atoms with Crippen molar-refractivity contribution in [2.75, 3.05) is 19.7 Å². The lowest BCUT2D eigenvalue weighted by atomic mass is 9.99. The Labute approximate surface area is 222 Å². The van der Waals surface area contributed by atoms with Crippen LogP contribution in [-0.2, 0) is 11.2 Å². The number of carbonyl (C=O) groups excluding carboxylic acids is 2. The van der Waals surface area contributed by atoms with Crippen molar-refractivity contribution in [3.8, 4) is 5.75 Å². The molecule has 2 heterocycles. The molecule has 7 heteroatoms. The van der Waals surface area contributed by atoms with E-state index in [1.165, 1.54) is 4.88 Å². The minimum atomic E-state index is -0.520. The minimum Gasteiger partial charge on any atom is -0.491 e. The number of amides is 2. The Morgan fingerprint density at radius 1 is 1.11 bits per heavy atom. The molecule has 190 valence electrons. The summed E-state index contributed by atoms with van der Waals surface area (Å²) in [6, 6.07) is 14.9. The van der Waals surface area contributed by atoms with E-state index in [4.69, 9.17) is 16.3 Å². The number of halogens is 1. The first-order valence-corrected chi connectivity index (χ1v) is 13.4. The summed E-state index contributed by atoms with van der Waals surface area (Å²) < 4.78 is 6.16. The molecule has 0 fully saturated rings. The first-order chi connectivity index (χ1) is 17.0. The Balaban J connectivity index is 1.56. The highest BCUT2D eigenvalue weighted by atomic mass is 35.5. The molecule has 1 aliphatic heterocycles. The Morgan fingerprint density at radius 2 is 1.83 bits per heavy atom. The fourth-order valence-corrected chi connectivity index (χ4v) is 5.49. The molecule has 0 spiro atoms. The molecule has 2 amide bonds. The summed E-state index contributed by atoms with van der Waals surface area (Å²) >= 11 is 7.88. The fourth-order valence-electron chi connectivity index (χ4n) is 4.45. The number of hydrogen-bond acceptors (Lipinski definition) is 4. The number of benzene rings is 2. The second-order valence-electron chi connectivity index (χ2n) is 10.3. The fraction of sp³-hybridized carbons (Fsp3) is 0.379. The van der Waals surface area contributed by atoms with E-state index in [9.17, 15) is 9.59 Å². The van der Waals surface area contributed by atoms with E-state index in [1.54, 1.807) is 16.2 Å². The number of rotatable bonds is 6. The van der Waals surface area contributed by atoms with Gasteiger partial charge in [-0.2, -0.15) is 0 Å². The lowest BCUT2D eigenvalue weighted by molar-refractivity contribution is -0.136. The van der Waals surface area contributed by atoms with E-state index in [2.05, 4.69) is 11.4 Å². The topological polar surface area (TPSA) is 49.9 Å². The van der Waals surface area contributed by atoms with Crippen LogP contribution in [0.3, 0.4) is 0 Å². The lowest BCUT2D eigenvalue weighted by Gasteiger charge is -2.40. The molecule has 0 aliphatic carbocycles. The molecule has 0 saturated heterocycles. The molecule has 0 N–H and O–H groups in total. The van der Waals surface area contributed by atoms with Crippen LogP contribution in [0.4, 0.5) is 0 Å². The smallest absolute Gasteiger partial charge is 0.254 e. The van der Waals surface area contributed by atoms with Crippen LogP contribution in [-0.4, -0.2) is 46.8 Å². The van der Waals surface area contributed by atoms with Crippen LogP contribution in [0.15, 0.2) is 53.9 Å². The number of ether oxygens (including phenoxy) is 1. The maximum absolute atomic E-state index is 13.8. The SMILES string of the molecule is Cc1ccc(C(=O)N(CC(=O)N2CCc3sccc3[C@@H]2COc2ccc(Cl)c(C)c2)C(C)(C)C)cc1. The van der Waals surface area contributed by atoms with Gasteiger partial charge in [0, 0.05) is 27.5 Å². The molecule has 0 bridgehead atoms. The zero-order valence-electron chi connectivity index (χ0n) is 21.5. The van der Waals surface area contributed by atoms with Crippen LogP contribution in [0.25, 0.3) is 0 Å². The molecule has 2 aromatic carbocycles. The monoisotopic (exact) mass is 524 g/mol. The summed E-state index contributed by atoms with van der Waals surface area (Å²) in [6.07, 6.45) is 0.802. The van der Waals surface area contributed by atoms with Gasteiger partial charge in [0.05, 0.1) is 6.04 Å². The van der Waals surface area contributed by atoms with E-state index in [-0.39, 0.29) is 24.4 Å². The van der Waals surface area contributed by atoms with Gasteiger partial charge in [0.1, 0.15) is 18.9 Å². The first-order valence-electron chi connectivity index (χ1n) is 12.2. The Morgan fingerprint density at radius 3 is 2.50 bits per heavy atom. The number of nitrogens with zero attached hydrogens (tertiary/aromatic N) is 2. The molecule has 3 aromatic rings. The zero-order chi connectivity index (χ0) is 26.0. The Kier molecular flexibility index (Phi) is 7.76. The Bertz CT molecular complexity index is 1250. The average Bonchev–Trinajstić information content (AvgIpc) is 3.31. The molecule has 0 saturated carbocycles. The molecule has 0 radical (unpaired) electrons. The maximum atomic E-state index is 13.8. The number of aryl methyl sites for hydroxylation is 2. The van der Waals surface area contributed by atoms with Crippen LogP contribution in [0, 0.1) is 13.8 Å². The highest BCUT2D eigenvalue weighted by molar-refractivity contribution is 7.10. The quantitative estimate of drug-likeness (QED) is 0.371. The summed E-state index contributed by atoms with van der Waals surface area (Å²) in [6.45, 7) is 10.7. The van der Waals surface area contributed by atoms with Gasteiger partial charge in [-0.05, 0) is 93.9 Å². The highest BCUT2D eigenvalue weighted by Gasteiger charge is 2.36. The van der Waals surface area contributed by atoms with E-state index in [0.29, 0.717) is 23.7 Å². The van der Waals surface area contributed by atoms with Gasteiger partial charge in [-0.25, -0.2) is 0 Å². The highest BCUT2D eigenvalue weighted by Crippen LogP contribution is 2.34. The van der Waals surface area contributed by atoms with Crippen LogP contribution in [0.5, 0.6) is 5.75 Å². The predicted molar refractivity (Wildman–Crippen MR) is 146 cm³/mol. The largest absolute Gasteiger partial charge is 0.491 e. The third-order valence-electron chi connectivity index (χ3n) is 6.60. The van der Waals surface area contributed by atoms with Crippen molar-refractivity contribution in [3.63, 3.8) is 0 Å². The normalized spacial score (nSPS) is 15.4. The van der Waals surface area contributed by atoms with Crippen molar-refractivity contribution >= 4 is 34.8 Å². The molecular formula is C29H33ClN2O3S. The van der Waals surface area contributed by atoms with Gasteiger partial charge in [0.2, 0.25) is 5.91 Å². The van der Waals surface area contributed by atoms with Crippen molar-refractivity contribution in [1.29, 1.82) is 0 Å². The zero-order valence-corrected chi connectivity index (χ0v) is 23.1. The van der Waals surface area contributed by atoms with Gasteiger partial charge < -0.3 is 14.5 Å². The third kappa shape index (κ3) is 5.76. The lowest BCUT2D eigenvalue weighted by Crippen LogP contribution is -2.53. The maximum Gasteiger partial charge on any atom is 0.254 e. The van der Waals surface area contributed by atoms with Gasteiger partial charge in [0.15, 0.2) is 0 Å². The van der Waals surface area contributed by atoms with Gasteiger partial charge in [0.25, 0.3) is 5.91 Å². The molecule has 0 unspecified atom stereocenters.